The number of alkyl halides is 4. The summed E-state index contributed by atoms with van der Waals surface area (Å²) in [4.78, 5) is 17.1. The predicted octanol–water partition coefficient (Wildman–Crippen LogP) is 2.47. The molecule has 1 aromatic heterocycles. The zero-order chi connectivity index (χ0) is 21.1. The van der Waals surface area contributed by atoms with Crippen LogP contribution in [-0.2, 0) is 14.3 Å². The Morgan fingerprint density at radius 3 is 2.97 bits per heavy atom. The Morgan fingerprint density at radius 1 is 1.45 bits per heavy atom. The van der Waals surface area contributed by atoms with Gasteiger partial charge in [0.2, 0.25) is 5.79 Å². The molecule has 2 atom stereocenters. The standard InChI is InChI=1S/C17H20ClF4N3O4/c18-14-13(27-4-2-1-3-19)5-11(6-24-14)25-8-12-7-23-9-16(10-25,28-12)29-15(26)17(20,21)22/h5-6,12,23H,1-4,7-10H2. The molecule has 0 aromatic carbocycles. The Hall–Kier alpha value is -1.85. The first kappa shape index (κ1) is 21.8. The van der Waals surface area contributed by atoms with Crippen LogP contribution in [0.15, 0.2) is 12.3 Å². The van der Waals surface area contributed by atoms with E-state index in [-0.39, 0.29) is 30.6 Å². The summed E-state index contributed by atoms with van der Waals surface area (Å²) >= 11 is 6.03. The molecule has 2 fully saturated rings. The summed E-state index contributed by atoms with van der Waals surface area (Å²) in [6.45, 7) is 0.297. The third-order valence-corrected chi connectivity index (χ3v) is 4.74. The highest BCUT2D eigenvalue weighted by Gasteiger charge is 2.52. The van der Waals surface area contributed by atoms with Gasteiger partial charge in [-0.15, -0.1) is 0 Å². The van der Waals surface area contributed by atoms with Gasteiger partial charge >= 0.3 is 12.1 Å². The Kier molecular flexibility index (Phi) is 6.69. The Balaban J connectivity index is 1.76. The second-order valence-electron chi connectivity index (χ2n) is 6.78. The third kappa shape index (κ3) is 5.40. The number of pyridine rings is 1. The molecule has 29 heavy (non-hydrogen) atoms. The van der Waals surface area contributed by atoms with Crippen molar-refractivity contribution < 1.29 is 36.6 Å². The highest BCUT2D eigenvalue weighted by molar-refractivity contribution is 6.30. The topological polar surface area (TPSA) is 72.9 Å². The molecule has 0 aliphatic carbocycles. The quantitative estimate of drug-likeness (QED) is 0.301. The van der Waals surface area contributed by atoms with E-state index in [9.17, 15) is 22.4 Å². The molecular formula is C17H20ClF4N3O4. The van der Waals surface area contributed by atoms with Crippen LogP contribution in [0, 0.1) is 0 Å². The van der Waals surface area contributed by atoms with E-state index >= 15 is 0 Å². The van der Waals surface area contributed by atoms with Gasteiger partial charge in [-0.1, -0.05) is 11.6 Å². The second kappa shape index (κ2) is 8.88. The minimum absolute atomic E-state index is 0.0879. The first-order valence-electron chi connectivity index (χ1n) is 9.00. The maximum Gasteiger partial charge on any atom is 0.491 e. The molecule has 2 aliphatic heterocycles. The maximum atomic E-state index is 12.7. The van der Waals surface area contributed by atoms with E-state index in [1.165, 1.54) is 6.20 Å². The fourth-order valence-electron chi connectivity index (χ4n) is 3.19. The zero-order valence-corrected chi connectivity index (χ0v) is 16.1. The predicted molar refractivity (Wildman–Crippen MR) is 94.8 cm³/mol. The third-order valence-electron chi connectivity index (χ3n) is 4.46. The average molecular weight is 442 g/mol. The molecule has 162 valence electrons. The van der Waals surface area contributed by atoms with Gasteiger partial charge in [0.1, 0.15) is 0 Å². The van der Waals surface area contributed by atoms with Gasteiger partial charge in [0.05, 0.1) is 44.4 Å². The molecule has 0 radical (unpaired) electrons. The molecule has 1 N–H and O–H groups in total. The molecule has 3 rings (SSSR count). The van der Waals surface area contributed by atoms with Crippen molar-refractivity contribution in [1.29, 1.82) is 0 Å². The fourth-order valence-corrected chi connectivity index (χ4v) is 3.35. The number of nitrogens with zero attached hydrogens (tertiary/aromatic N) is 2. The molecule has 1 aromatic rings. The molecule has 0 amide bonds. The Labute approximate surface area is 169 Å². The van der Waals surface area contributed by atoms with Gasteiger partial charge in [0.25, 0.3) is 0 Å². The van der Waals surface area contributed by atoms with Crippen molar-refractivity contribution in [3.05, 3.63) is 17.4 Å². The summed E-state index contributed by atoms with van der Waals surface area (Å²) in [7, 11) is 0. The molecule has 0 saturated carbocycles. The summed E-state index contributed by atoms with van der Waals surface area (Å²) in [6, 6.07) is 1.60. The van der Waals surface area contributed by atoms with Crippen molar-refractivity contribution in [3.8, 4) is 5.75 Å². The van der Waals surface area contributed by atoms with Crippen molar-refractivity contribution in [2.75, 3.05) is 44.4 Å². The lowest BCUT2D eigenvalue weighted by Crippen LogP contribution is -2.68. The molecule has 7 nitrogen and oxygen atoms in total. The summed E-state index contributed by atoms with van der Waals surface area (Å²) in [5.41, 5.74) is 0.525. The molecule has 0 spiro atoms. The number of halogens is 5. The number of nitrogens with one attached hydrogen (secondary N) is 1. The van der Waals surface area contributed by atoms with Crippen molar-refractivity contribution in [2.24, 2.45) is 0 Å². The molecule has 3 heterocycles. The number of unbranched alkanes of at least 4 members (excludes halogenated alkanes) is 1. The molecule has 2 unspecified atom stereocenters. The zero-order valence-electron chi connectivity index (χ0n) is 15.3. The van der Waals surface area contributed by atoms with Crippen molar-refractivity contribution >= 4 is 23.3 Å². The number of anilines is 1. The van der Waals surface area contributed by atoms with Crippen LogP contribution in [0.4, 0.5) is 23.2 Å². The summed E-state index contributed by atoms with van der Waals surface area (Å²) in [5.74, 6) is -3.82. The van der Waals surface area contributed by atoms with E-state index in [1.807, 2.05) is 0 Å². The first-order chi connectivity index (χ1) is 13.7. The smallest absolute Gasteiger partial charge is 0.490 e. The summed E-state index contributed by atoms with van der Waals surface area (Å²) in [5, 5.41) is 3.04. The lowest BCUT2D eigenvalue weighted by atomic mass is 10.1. The van der Waals surface area contributed by atoms with Gasteiger partial charge in [0.15, 0.2) is 10.9 Å². The molecular weight excluding hydrogens is 422 g/mol. The van der Waals surface area contributed by atoms with E-state index in [4.69, 9.17) is 25.8 Å². The van der Waals surface area contributed by atoms with Gasteiger partial charge in [-0.3, -0.25) is 4.39 Å². The van der Waals surface area contributed by atoms with Crippen LogP contribution in [0.2, 0.25) is 5.15 Å². The van der Waals surface area contributed by atoms with E-state index in [2.05, 4.69) is 10.3 Å². The van der Waals surface area contributed by atoms with Crippen molar-refractivity contribution in [1.82, 2.24) is 10.3 Å². The van der Waals surface area contributed by atoms with Crippen LogP contribution in [0.5, 0.6) is 5.75 Å². The van der Waals surface area contributed by atoms with Gasteiger partial charge in [-0.2, -0.15) is 13.2 Å². The monoisotopic (exact) mass is 441 g/mol. The van der Waals surface area contributed by atoms with E-state index in [1.54, 1.807) is 11.0 Å². The maximum absolute atomic E-state index is 12.7. The number of hydrogen-bond donors (Lipinski definition) is 1. The minimum atomic E-state index is -5.13. The normalized spacial score (nSPS) is 24.3. The number of carbonyl (C=O) groups is 1. The number of ether oxygens (including phenoxy) is 3. The number of morpholine rings is 2. The van der Waals surface area contributed by atoms with Crippen LogP contribution in [0.1, 0.15) is 12.8 Å². The summed E-state index contributed by atoms with van der Waals surface area (Å²) in [6.07, 6.45) is -3.32. The Bertz CT molecular complexity index is 739. The molecule has 2 saturated heterocycles. The van der Waals surface area contributed by atoms with Gasteiger partial charge in [-0.05, 0) is 12.8 Å². The largest absolute Gasteiger partial charge is 0.491 e. The van der Waals surface area contributed by atoms with Gasteiger partial charge in [-0.25, -0.2) is 9.78 Å². The molecule has 2 bridgehead atoms. The van der Waals surface area contributed by atoms with Crippen LogP contribution >= 0.6 is 11.6 Å². The number of hydrogen-bond acceptors (Lipinski definition) is 7. The highest BCUT2D eigenvalue weighted by atomic mass is 35.5. The van der Waals surface area contributed by atoms with Crippen LogP contribution in [0.25, 0.3) is 0 Å². The lowest BCUT2D eigenvalue weighted by Gasteiger charge is -2.49. The molecule has 12 heteroatoms. The Morgan fingerprint density at radius 2 is 2.24 bits per heavy atom. The average Bonchev–Trinajstić information content (AvgIpc) is 2.65. The van der Waals surface area contributed by atoms with E-state index < -0.39 is 30.7 Å². The fraction of sp³-hybridized carbons (Fsp3) is 0.647. The molecule has 2 aliphatic rings. The van der Waals surface area contributed by atoms with Crippen LogP contribution in [0.3, 0.4) is 0 Å². The van der Waals surface area contributed by atoms with Gasteiger partial charge < -0.3 is 24.4 Å². The van der Waals surface area contributed by atoms with Crippen molar-refractivity contribution in [3.63, 3.8) is 0 Å². The summed E-state index contributed by atoms with van der Waals surface area (Å²) < 4.78 is 66.1. The van der Waals surface area contributed by atoms with E-state index in [0.29, 0.717) is 31.6 Å². The number of fused-ring (bicyclic) bond motifs is 2. The van der Waals surface area contributed by atoms with Crippen LogP contribution in [-0.4, -0.2) is 68.5 Å². The van der Waals surface area contributed by atoms with Gasteiger partial charge in [0, 0.05) is 19.2 Å². The highest BCUT2D eigenvalue weighted by Crippen LogP contribution is 2.34. The number of aromatic nitrogens is 1. The number of carbonyl (C=O) groups excluding carboxylic acids is 1. The lowest BCUT2D eigenvalue weighted by molar-refractivity contribution is -0.284. The van der Waals surface area contributed by atoms with Crippen molar-refractivity contribution in [2.45, 2.75) is 30.9 Å². The van der Waals surface area contributed by atoms with E-state index in [0.717, 1.165) is 0 Å². The van der Waals surface area contributed by atoms with Crippen LogP contribution < -0.4 is 15.0 Å². The SMILES string of the molecule is O=C(OC12CNCC(CN(c3cnc(Cl)c(OCCCCF)c3)C1)O2)C(F)(F)F. The number of rotatable bonds is 7. The first-order valence-corrected chi connectivity index (χ1v) is 9.38. The minimum Gasteiger partial charge on any atom is -0.490 e. The number of esters is 1. The second-order valence-corrected chi connectivity index (χ2v) is 7.13.